The summed E-state index contributed by atoms with van der Waals surface area (Å²) >= 11 is 0. The molecule has 0 aliphatic rings. The van der Waals surface area contributed by atoms with Crippen molar-refractivity contribution < 1.29 is 18.8 Å². The zero-order valence-electron chi connectivity index (χ0n) is 17.3. The molecule has 0 fully saturated rings. The Morgan fingerprint density at radius 1 is 1.03 bits per heavy atom. The van der Waals surface area contributed by atoms with Crippen LogP contribution in [0.4, 0.5) is 0 Å². The predicted molar refractivity (Wildman–Crippen MR) is 110 cm³/mol. The van der Waals surface area contributed by atoms with Crippen molar-refractivity contribution in [2.75, 3.05) is 20.2 Å². The highest BCUT2D eigenvalue weighted by Gasteiger charge is 2.13. The first-order valence-electron chi connectivity index (χ1n) is 9.54. The van der Waals surface area contributed by atoms with Gasteiger partial charge < -0.3 is 18.9 Å². The molecule has 0 N–H and O–H groups in total. The molecule has 0 saturated carbocycles. The van der Waals surface area contributed by atoms with Crippen LogP contribution in [0.3, 0.4) is 0 Å². The van der Waals surface area contributed by atoms with Crippen LogP contribution in [0.15, 0.2) is 53.1 Å². The van der Waals surface area contributed by atoms with E-state index in [4.69, 9.17) is 14.0 Å². The van der Waals surface area contributed by atoms with E-state index < -0.39 is 0 Å². The lowest BCUT2D eigenvalue weighted by atomic mass is 10.2. The minimum absolute atomic E-state index is 0.0596. The van der Waals surface area contributed by atoms with Crippen LogP contribution in [0.1, 0.15) is 32.9 Å². The lowest BCUT2D eigenvalue weighted by molar-refractivity contribution is 0.0773. The van der Waals surface area contributed by atoms with Crippen LogP contribution in [0.2, 0.25) is 0 Å². The number of carbonyl (C=O) groups is 1. The highest BCUT2D eigenvalue weighted by molar-refractivity contribution is 5.94. The number of hydrogen-bond donors (Lipinski definition) is 0. The Labute approximate surface area is 171 Å². The molecule has 0 spiro atoms. The lowest BCUT2D eigenvalue weighted by Gasteiger charge is -2.18. The molecule has 6 heteroatoms. The SMILES string of the molecule is Cc1ccccc1OCCN(C)C(=O)c1ccc(OCc2c(C)noc2C)cc1. The van der Waals surface area contributed by atoms with Gasteiger partial charge in [-0.25, -0.2) is 0 Å². The molecule has 1 amide bonds. The Balaban J connectivity index is 1.50. The van der Waals surface area contributed by atoms with Gasteiger partial charge in [0.1, 0.15) is 30.5 Å². The molecule has 0 bridgehead atoms. The van der Waals surface area contributed by atoms with Crippen LogP contribution in [-0.2, 0) is 6.61 Å². The van der Waals surface area contributed by atoms with Gasteiger partial charge in [-0.15, -0.1) is 0 Å². The van der Waals surface area contributed by atoms with Crippen molar-refractivity contribution in [3.8, 4) is 11.5 Å². The number of carbonyl (C=O) groups excluding carboxylic acids is 1. The molecule has 1 aromatic heterocycles. The van der Waals surface area contributed by atoms with Gasteiger partial charge in [0.15, 0.2) is 0 Å². The third kappa shape index (κ3) is 5.16. The van der Waals surface area contributed by atoms with Gasteiger partial charge in [-0.2, -0.15) is 0 Å². The van der Waals surface area contributed by atoms with Gasteiger partial charge >= 0.3 is 0 Å². The summed E-state index contributed by atoms with van der Waals surface area (Å²) in [5.41, 5.74) is 3.45. The Hall–Kier alpha value is -3.28. The van der Waals surface area contributed by atoms with Gasteiger partial charge in [0.2, 0.25) is 0 Å². The van der Waals surface area contributed by atoms with E-state index in [-0.39, 0.29) is 5.91 Å². The first-order chi connectivity index (χ1) is 14.0. The van der Waals surface area contributed by atoms with Crippen LogP contribution in [0.25, 0.3) is 0 Å². The van der Waals surface area contributed by atoms with E-state index in [9.17, 15) is 4.79 Å². The summed E-state index contributed by atoms with van der Waals surface area (Å²) in [7, 11) is 1.77. The number of benzene rings is 2. The standard InChI is InChI=1S/C23H26N2O4/c1-16-7-5-6-8-22(16)27-14-13-25(4)23(26)19-9-11-20(12-10-19)28-15-21-17(2)24-29-18(21)3/h5-12H,13-15H2,1-4H3. The first kappa shape index (κ1) is 20.5. The molecule has 0 unspecified atom stereocenters. The maximum atomic E-state index is 12.6. The monoisotopic (exact) mass is 394 g/mol. The van der Waals surface area contributed by atoms with Crippen molar-refractivity contribution in [2.45, 2.75) is 27.4 Å². The second-order valence-electron chi connectivity index (χ2n) is 6.96. The molecule has 0 saturated heterocycles. The molecular weight excluding hydrogens is 368 g/mol. The molecule has 3 aromatic rings. The molecule has 0 radical (unpaired) electrons. The Morgan fingerprint density at radius 3 is 2.41 bits per heavy atom. The van der Waals surface area contributed by atoms with Crippen LogP contribution in [0.5, 0.6) is 11.5 Å². The minimum atomic E-state index is -0.0596. The van der Waals surface area contributed by atoms with Crippen molar-refractivity contribution in [1.29, 1.82) is 0 Å². The molecule has 3 rings (SSSR count). The highest BCUT2D eigenvalue weighted by Crippen LogP contribution is 2.19. The zero-order chi connectivity index (χ0) is 20.8. The third-order valence-corrected chi connectivity index (χ3v) is 4.79. The van der Waals surface area contributed by atoms with Crippen LogP contribution >= 0.6 is 0 Å². The Morgan fingerprint density at radius 2 is 1.76 bits per heavy atom. The van der Waals surface area contributed by atoms with Gasteiger partial charge in [-0.05, 0) is 56.7 Å². The summed E-state index contributed by atoms with van der Waals surface area (Å²) in [6.07, 6.45) is 0. The van der Waals surface area contributed by atoms with E-state index >= 15 is 0 Å². The molecule has 2 aromatic carbocycles. The summed E-state index contributed by atoms with van der Waals surface area (Å²) in [6.45, 7) is 7.06. The van der Waals surface area contributed by atoms with E-state index in [2.05, 4.69) is 5.16 Å². The van der Waals surface area contributed by atoms with E-state index in [1.165, 1.54) is 0 Å². The summed E-state index contributed by atoms with van der Waals surface area (Å²) < 4.78 is 16.7. The molecule has 0 aliphatic carbocycles. The van der Waals surface area contributed by atoms with Gasteiger partial charge in [-0.1, -0.05) is 23.4 Å². The van der Waals surface area contributed by atoms with E-state index in [0.717, 1.165) is 28.3 Å². The largest absolute Gasteiger partial charge is 0.491 e. The van der Waals surface area contributed by atoms with Crippen LogP contribution in [0, 0.1) is 20.8 Å². The fraction of sp³-hybridized carbons (Fsp3) is 0.304. The number of aryl methyl sites for hydroxylation is 3. The van der Waals surface area contributed by atoms with Crippen LogP contribution < -0.4 is 9.47 Å². The second-order valence-corrected chi connectivity index (χ2v) is 6.96. The number of rotatable bonds is 8. The average molecular weight is 394 g/mol. The van der Waals surface area contributed by atoms with Crippen molar-refractivity contribution >= 4 is 5.91 Å². The van der Waals surface area contributed by atoms with Gasteiger partial charge in [-0.3, -0.25) is 4.79 Å². The third-order valence-electron chi connectivity index (χ3n) is 4.79. The van der Waals surface area contributed by atoms with Crippen LogP contribution in [-0.4, -0.2) is 36.2 Å². The fourth-order valence-electron chi connectivity index (χ4n) is 2.89. The smallest absolute Gasteiger partial charge is 0.253 e. The van der Waals surface area contributed by atoms with Crippen molar-refractivity contribution in [3.63, 3.8) is 0 Å². The van der Waals surface area contributed by atoms with E-state index in [1.54, 1.807) is 36.2 Å². The minimum Gasteiger partial charge on any atom is -0.491 e. The molecule has 0 aliphatic heterocycles. The average Bonchev–Trinajstić information content (AvgIpc) is 3.05. The highest BCUT2D eigenvalue weighted by atomic mass is 16.5. The molecule has 29 heavy (non-hydrogen) atoms. The van der Waals surface area contributed by atoms with Gasteiger partial charge in [0, 0.05) is 12.6 Å². The number of nitrogens with zero attached hydrogens (tertiary/aromatic N) is 2. The number of likely N-dealkylation sites (N-methyl/N-ethyl adjacent to an activating group) is 1. The Bertz CT molecular complexity index is 944. The number of amides is 1. The normalized spacial score (nSPS) is 10.6. The number of para-hydroxylation sites is 1. The molecule has 6 nitrogen and oxygen atoms in total. The molecule has 0 atom stereocenters. The maximum Gasteiger partial charge on any atom is 0.253 e. The second kappa shape index (κ2) is 9.28. The number of ether oxygens (including phenoxy) is 2. The fourth-order valence-corrected chi connectivity index (χ4v) is 2.89. The molecular formula is C23H26N2O4. The maximum absolute atomic E-state index is 12.6. The van der Waals surface area contributed by atoms with Gasteiger partial charge in [0.25, 0.3) is 5.91 Å². The number of aromatic nitrogens is 1. The molecule has 1 heterocycles. The van der Waals surface area contributed by atoms with Crippen molar-refractivity contribution in [3.05, 3.63) is 76.7 Å². The van der Waals surface area contributed by atoms with Gasteiger partial charge in [0.05, 0.1) is 17.8 Å². The van der Waals surface area contributed by atoms with Crippen molar-refractivity contribution in [2.24, 2.45) is 0 Å². The quantitative estimate of drug-likeness (QED) is 0.569. The lowest BCUT2D eigenvalue weighted by Crippen LogP contribution is -2.30. The topological polar surface area (TPSA) is 64.8 Å². The summed E-state index contributed by atoms with van der Waals surface area (Å²) in [6, 6.07) is 15.0. The zero-order valence-corrected chi connectivity index (χ0v) is 17.3. The summed E-state index contributed by atoms with van der Waals surface area (Å²) in [4.78, 5) is 14.3. The van der Waals surface area contributed by atoms with Crippen molar-refractivity contribution in [1.82, 2.24) is 10.1 Å². The van der Waals surface area contributed by atoms with E-state index in [0.29, 0.717) is 31.1 Å². The Kier molecular flexibility index (Phi) is 6.54. The van der Waals surface area contributed by atoms with E-state index in [1.807, 2.05) is 45.0 Å². The first-order valence-corrected chi connectivity index (χ1v) is 9.54. The summed E-state index contributed by atoms with van der Waals surface area (Å²) in [5, 5.41) is 3.92. The predicted octanol–water partition coefficient (Wildman–Crippen LogP) is 4.33. The number of hydrogen-bond acceptors (Lipinski definition) is 5. The molecule has 152 valence electrons. The summed E-state index contributed by atoms with van der Waals surface area (Å²) in [5.74, 6) is 2.22.